The minimum absolute atomic E-state index is 0.00520. The maximum absolute atomic E-state index is 14.7. The third-order valence-corrected chi connectivity index (χ3v) is 14.1. The number of fused-ring (bicyclic) bond motifs is 3. The lowest BCUT2D eigenvalue weighted by molar-refractivity contribution is 0.0606. The number of sulfonamides is 1. The van der Waals surface area contributed by atoms with Gasteiger partial charge in [-0.3, -0.25) is 9.69 Å². The van der Waals surface area contributed by atoms with Crippen molar-refractivity contribution in [2.75, 3.05) is 19.6 Å². The van der Waals surface area contributed by atoms with E-state index in [4.69, 9.17) is 28.2 Å². The summed E-state index contributed by atoms with van der Waals surface area (Å²) in [5, 5.41) is -0.0412. The summed E-state index contributed by atoms with van der Waals surface area (Å²) < 4.78 is 45.9. The van der Waals surface area contributed by atoms with E-state index in [1.165, 1.54) is 36.6 Å². The topological polar surface area (TPSA) is 87.5 Å². The Morgan fingerprint density at radius 3 is 2.38 bits per heavy atom. The molecule has 4 aromatic rings. The van der Waals surface area contributed by atoms with Gasteiger partial charge in [0, 0.05) is 37.3 Å². The Hall–Kier alpha value is -3.02. The van der Waals surface area contributed by atoms with Crippen LogP contribution in [0.2, 0.25) is 10.0 Å². The fraction of sp³-hybridized carbons (Fsp3) is 0.474. The van der Waals surface area contributed by atoms with Crippen LogP contribution in [-0.4, -0.2) is 71.4 Å². The monoisotopic (exact) mass is 737 g/mol. The van der Waals surface area contributed by atoms with E-state index in [1.54, 1.807) is 17.0 Å². The molecule has 1 amide bonds. The summed E-state index contributed by atoms with van der Waals surface area (Å²) in [4.78, 5) is 23.1. The number of piperidine rings is 2. The number of nitrogens with zero attached hydrogens (tertiary/aromatic N) is 4. The van der Waals surface area contributed by atoms with E-state index in [1.807, 2.05) is 12.1 Å². The van der Waals surface area contributed by atoms with Crippen LogP contribution in [0, 0.1) is 12.7 Å². The number of benzene rings is 3. The van der Waals surface area contributed by atoms with Gasteiger partial charge in [-0.15, -0.1) is 0 Å². The zero-order chi connectivity index (χ0) is 34.8. The molecular formula is C38H42Cl2FN5O3S. The number of carbonyl (C=O) groups excluding carboxylic acids is 1. The fourth-order valence-electron chi connectivity index (χ4n) is 9.01. The number of rotatable bonds is 9. The lowest BCUT2D eigenvalue weighted by Crippen LogP contribution is -2.49. The summed E-state index contributed by atoms with van der Waals surface area (Å²) >= 11 is 13.1. The number of imidazole rings is 1. The molecule has 2 atom stereocenters. The zero-order valence-corrected chi connectivity index (χ0v) is 30.5. The molecule has 4 fully saturated rings. The number of para-hydroxylation sites is 2. The Bertz CT molecular complexity index is 2050. The third kappa shape index (κ3) is 6.25. The lowest BCUT2D eigenvalue weighted by Gasteiger charge is -2.45. The van der Waals surface area contributed by atoms with E-state index >= 15 is 0 Å². The highest BCUT2D eigenvalue weighted by atomic mass is 35.5. The highest BCUT2D eigenvalue weighted by Crippen LogP contribution is 2.45. The van der Waals surface area contributed by atoms with Crippen molar-refractivity contribution in [1.29, 1.82) is 0 Å². The van der Waals surface area contributed by atoms with Gasteiger partial charge in [-0.05, 0) is 119 Å². The highest BCUT2D eigenvalue weighted by Gasteiger charge is 2.45. The Labute approximate surface area is 303 Å². The molecule has 4 heterocycles. The second kappa shape index (κ2) is 13.2. The average molecular weight is 739 g/mol. The van der Waals surface area contributed by atoms with E-state index in [2.05, 4.69) is 39.3 Å². The largest absolute Gasteiger partial charge is 0.338 e. The summed E-state index contributed by atoms with van der Waals surface area (Å²) in [6.45, 7) is 3.85. The molecule has 0 radical (unpaired) electrons. The van der Waals surface area contributed by atoms with Gasteiger partial charge >= 0.3 is 0 Å². The van der Waals surface area contributed by atoms with Gasteiger partial charge in [0.2, 0.25) is 10.0 Å². The first-order valence-corrected chi connectivity index (χ1v) is 20.0. The van der Waals surface area contributed by atoms with E-state index < -0.39 is 15.9 Å². The van der Waals surface area contributed by atoms with Gasteiger partial charge in [0.05, 0.1) is 26.6 Å². The molecule has 1 saturated carbocycles. The number of halogens is 3. The molecule has 0 spiro atoms. The van der Waals surface area contributed by atoms with E-state index in [0.717, 1.165) is 55.6 Å². The predicted molar refractivity (Wildman–Crippen MR) is 194 cm³/mol. The minimum atomic E-state index is -3.90. The number of likely N-dealkylation sites (tertiary alicyclic amines) is 1. The Morgan fingerprint density at radius 1 is 0.960 bits per heavy atom. The van der Waals surface area contributed by atoms with Crippen molar-refractivity contribution in [3.05, 3.63) is 93.5 Å². The van der Waals surface area contributed by atoms with Crippen molar-refractivity contribution in [1.82, 2.24) is 24.1 Å². The Morgan fingerprint density at radius 2 is 1.68 bits per heavy atom. The number of aryl methyl sites for hydroxylation is 1. The average Bonchev–Trinajstić information content (AvgIpc) is 3.78. The Balaban J connectivity index is 0.997. The van der Waals surface area contributed by atoms with Crippen LogP contribution in [0.4, 0.5) is 4.39 Å². The summed E-state index contributed by atoms with van der Waals surface area (Å²) in [6, 6.07) is 19.4. The molecular weight excluding hydrogens is 696 g/mol. The van der Waals surface area contributed by atoms with Crippen molar-refractivity contribution in [3.63, 3.8) is 0 Å². The molecule has 1 aromatic heterocycles. The quantitative estimate of drug-likeness (QED) is 0.191. The van der Waals surface area contributed by atoms with Gasteiger partial charge < -0.3 is 9.47 Å². The predicted octanol–water partition coefficient (Wildman–Crippen LogP) is 7.66. The van der Waals surface area contributed by atoms with Gasteiger partial charge in [0.1, 0.15) is 16.5 Å². The van der Waals surface area contributed by atoms with Crippen LogP contribution in [0.15, 0.2) is 65.6 Å². The normalized spacial score (nSPS) is 23.8. The van der Waals surface area contributed by atoms with Crippen LogP contribution in [-0.2, 0) is 15.4 Å². The van der Waals surface area contributed by atoms with Gasteiger partial charge in [-0.2, -0.15) is 0 Å². The molecule has 264 valence electrons. The molecule has 3 aliphatic heterocycles. The second-order valence-corrected chi connectivity index (χ2v) is 17.2. The van der Waals surface area contributed by atoms with Crippen LogP contribution >= 0.6 is 23.2 Å². The minimum Gasteiger partial charge on any atom is -0.338 e. The molecule has 4 aliphatic rings. The molecule has 3 aromatic carbocycles. The van der Waals surface area contributed by atoms with Gasteiger partial charge in [-0.25, -0.2) is 22.5 Å². The lowest BCUT2D eigenvalue weighted by atomic mass is 9.70. The third-order valence-electron chi connectivity index (χ3n) is 11.7. The standard InChI is InChI=1S/C38H42Cl2FN5O3S/c1-24-42-32-7-2-3-8-33(32)46(24)30-22-28-11-12-29(23-30)45(28)20-17-38(25-5-4-6-26(41)21-25)15-18-44(19-16-38)37(47)35-31(39)13-14-34(36(35)40)50(48,49)43-27-9-10-27/h2-8,13-14,21,27-30,43H,9-12,15-20,22-23H2,1H3. The summed E-state index contributed by atoms with van der Waals surface area (Å²) in [7, 11) is -3.90. The van der Waals surface area contributed by atoms with Gasteiger partial charge in [0.25, 0.3) is 5.91 Å². The number of nitrogens with one attached hydrogen (secondary N) is 1. The van der Waals surface area contributed by atoms with Crippen molar-refractivity contribution in [3.8, 4) is 0 Å². The van der Waals surface area contributed by atoms with Crippen molar-refractivity contribution >= 4 is 50.2 Å². The smallest absolute Gasteiger partial charge is 0.256 e. The maximum atomic E-state index is 14.7. The van der Waals surface area contributed by atoms with E-state index in [-0.39, 0.29) is 37.8 Å². The first-order chi connectivity index (χ1) is 24.0. The highest BCUT2D eigenvalue weighted by molar-refractivity contribution is 7.89. The maximum Gasteiger partial charge on any atom is 0.256 e. The zero-order valence-electron chi connectivity index (χ0n) is 28.1. The second-order valence-electron chi connectivity index (χ2n) is 14.7. The van der Waals surface area contributed by atoms with E-state index in [9.17, 15) is 17.6 Å². The van der Waals surface area contributed by atoms with Gasteiger partial charge in [-0.1, -0.05) is 47.5 Å². The van der Waals surface area contributed by atoms with Gasteiger partial charge in [0.15, 0.2) is 0 Å². The molecule has 50 heavy (non-hydrogen) atoms. The number of hydrogen-bond acceptors (Lipinski definition) is 5. The van der Waals surface area contributed by atoms with Crippen molar-refractivity contribution in [2.24, 2.45) is 0 Å². The summed E-state index contributed by atoms with van der Waals surface area (Å²) in [5.74, 6) is 0.417. The molecule has 1 N–H and O–H groups in total. The molecule has 1 aliphatic carbocycles. The first-order valence-electron chi connectivity index (χ1n) is 17.8. The summed E-state index contributed by atoms with van der Waals surface area (Å²) in [6.07, 6.45) is 8.21. The fourth-order valence-corrected chi connectivity index (χ4v) is 11.2. The summed E-state index contributed by atoms with van der Waals surface area (Å²) in [5.41, 5.74) is 2.90. The van der Waals surface area contributed by atoms with E-state index in [0.29, 0.717) is 44.1 Å². The molecule has 3 saturated heterocycles. The number of aromatic nitrogens is 2. The molecule has 8 rings (SSSR count). The van der Waals surface area contributed by atoms with Crippen LogP contribution in [0.25, 0.3) is 11.0 Å². The Kier molecular flexibility index (Phi) is 8.99. The number of amides is 1. The number of hydrogen-bond donors (Lipinski definition) is 1. The van der Waals surface area contributed by atoms with Crippen LogP contribution in [0.3, 0.4) is 0 Å². The molecule has 2 bridgehead atoms. The first kappa shape index (κ1) is 34.1. The number of carbonyl (C=O) groups is 1. The van der Waals surface area contributed by atoms with Crippen LogP contribution < -0.4 is 4.72 Å². The van der Waals surface area contributed by atoms with Crippen LogP contribution in [0.5, 0.6) is 0 Å². The SMILES string of the molecule is Cc1nc2ccccc2n1C1CC2CCC(C1)N2CCC1(c2cccc(F)c2)CCN(C(=O)c2c(Cl)ccc(S(=O)(=O)NC3CC3)c2Cl)CC1. The van der Waals surface area contributed by atoms with Crippen molar-refractivity contribution < 1.29 is 17.6 Å². The molecule has 12 heteroatoms. The molecule has 8 nitrogen and oxygen atoms in total. The van der Waals surface area contributed by atoms with Crippen molar-refractivity contribution in [2.45, 2.75) is 99.2 Å². The van der Waals surface area contributed by atoms with Crippen LogP contribution in [0.1, 0.15) is 85.6 Å². The molecule has 2 unspecified atom stereocenters.